The molecule has 0 radical (unpaired) electrons. The van der Waals surface area contributed by atoms with Gasteiger partial charge >= 0.3 is 0 Å². The van der Waals surface area contributed by atoms with Crippen molar-refractivity contribution in [3.05, 3.63) is 65.7 Å². The fourth-order valence-corrected chi connectivity index (χ4v) is 3.10. The van der Waals surface area contributed by atoms with E-state index in [0.717, 1.165) is 10.0 Å². The lowest BCUT2D eigenvalue weighted by molar-refractivity contribution is -0.0258. The predicted octanol–water partition coefficient (Wildman–Crippen LogP) is 2.36. The first-order valence-corrected chi connectivity index (χ1v) is 8.79. The zero-order chi connectivity index (χ0) is 17.7. The highest BCUT2D eigenvalue weighted by atomic mass is 32.2. The van der Waals surface area contributed by atoms with Crippen molar-refractivity contribution in [3.63, 3.8) is 0 Å². The van der Waals surface area contributed by atoms with Gasteiger partial charge in [0.2, 0.25) is 0 Å². The summed E-state index contributed by atoms with van der Waals surface area (Å²) in [6, 6.07) is 15.2. The van der Waals surface area contributed by atoms with Crippen molar-refractivity contribution in [2.24, 2.45) is 0 Å². The number of benzene rings is 2. The first-order chi connectivity index (χ1) is 11.4. The first-order valence-electron chi connectivity index (χ1n) is 7.35. The summed E-state index contributed by atoms with van der Waals surface area (Å²) in [5, 5.41) is 2.88. The minimum absolute atomic E-state index is 0.0551. The first kappa shape index (κ1) is 18.1. The standard InChI is InChI=1S/C17H20N2O4S/c1-13(14-7-5-4-6-8-14)18-17(20)15-9-11-16(12-10-15)24(21,22)19(2)23-3/h4-13H,1-3H3,(H,18,20)/t13-/m0/s1. The van der Waals surface area contributed by atoms with Gasteiger partial charge in [0.1, 0.15) is 0 Å². The Balaban J connectivity index is 2.12. The zero-order valence-electron chi connectivity index (χ0n) is 13.8. The average molecular weight is 348 g/mol. The molecule has 0 fully saturated rings. The second kappa shape index (κ2) is 7.57. The minimum atomic E-state index is -3.72. The summed E-state index contributed by atoms with van der Waals surface area (Å²) in [7, 11) is -1.15. The number of rotatable bonds is 6. The summed E-state index contributed by atoms with van der Waals surface area (Å²) >= 11 is 0. The quantitative estimate of drug-likeness (QED) is 0.813. The van der Waals surface area contributed by atoms with Crippen LogP contribution in [0.15, 0.2) is 59.5 Å². The molecule has 0 aliphatic heterocycles. The number of carbonyl (C=O) groups is 1. The van der Waals surface area contributed by atoms with Crippen LogP contribution in [0.3, 0.4) is 0 Å². The molecule has 0 aliphatic carbocycles. The van der Waals surface area contributed by atoms with Gasteiger partial charge < -0.3 is 5.32 Å². The van der Waals surface area contributed by atoms with Gasteiger partial charge in [0.25, 0.3) is 15.9 Å². The Morgan fingerprint density at radius 2 is 1.67 bits per heavy atom. The number of amides is 1. The zero-order valence-corrected chi connectivity index (χ0v) is 14.6. The van der Waals surface area contributed by atoms with Crippen molar-refractivity contribution >= 4 is 15.9 Å². The highest BCUT2D eigenvalue weighted by Crippen LogP contribution is 2.16. The summed E-state index contributed by atoms with van der Waals surface area (Å²) in [6.45, 7) is 1.89. The van der Waals surface area contributed by atoms with Crippen molar-refractivity contribution < 1.29 is 18.0 Å². The molecule has 2 aromatic carbocycles. The smallest absolute Gasteiger partial charge is 0.264 e. The molecule has 0 saturated carbocycles. The number of nitrogens with zero attached hydrogens (tertiary/aromatic N) is 1. The fourth-order valence-electron chi connectivity index (χ4n) is 2.13. The summed E-state index contributed by atoms with van der Waals surface area (Å²) in [5.74, 6) is -0.268. The lowest BCUT2D eigenvalue weighted by Gasteiger charge is -2.16. The van der Waals surface area contributed by atoms with Crippen LogP contribution in [0.25, 0.3) is 0 Å². The molecular weight excluding hydrogens is 328 g/mol. The van der Waals surface area contributed by atoms with Crippen LogP contribution in [0.4, 0.5) is 0 Å². The number of hydroxylamine groups is 1. The van der Waals surface area contributed by atoms with Crippen LogP contribution in [0.5, 0.6) is 0 Å². The van der Waals surface area contributed by atoms with Gasteiger partial charge in [-0.1, -0.05) is 34.8 Å². The van der Waals surface area contributed by atoms with Gasteiger partial charge in [0.05, 0.1) is 18.0 Å². The Bertz CT molecular complexity index is 789. The van der Waals surface area contributed by atoms with Crippen molar-refractivity contribution in [2.75, 3.05) is 14.2 Å². The Hall–Kier alpha value is -2.22. The number of carbonyl (C=O) groups excluding carboxylic acids is 1. The van der Waals surface area contributed by atoms with Gasteiger partial charge in [0, 0.05) is 12.6 Å². The topological polar surface area (TPSA) is 75.7 Å². The van der Waals surface area contributed by atoms with Crippen LogP contribution in [0.2, 0.25) is 0 Å². The fraction of sp³-hybridized carbons (Fsp3) is 0.235. The second-order valence-corrected chi connectivity index (χ2v) is 7.16. The van der Waals surface area contributed by atoms with Crippen LogP contribution in [-0.2, 0) is 14.9 Å². The normalized spacial score (nSPS) is 12.8. The highest BCUT2D eigenvalue weighted by Gasteiger charge is 2.21. The molecule has 128 valence electrons. The van der Waals surface area contributed by atoms with E-state index in [1.165, 1.54) is 38.4 Å². The van der Waals surface area contributed by atoms with E-state index in [4.69, 9.17) is 4.84 Å². The summed E-state index contributed by atoms with van der Waals surface area (Å²) in [4.78, 5) is 17.1. The van der Waals surface area contributed by atoms with E-state index in [-0.39, 0.29) is 16.8 Å². The third-order valence-corrected chi connectivity index (χ3v) is 5.35. The molecule has 24 heavy (non-hydrogen) atoms. The molecule has 7 heteroatoms. The van der Waals surface area contributed by atoms with Crippen LogP contribution in [0, 0.1) is 0 Å². The molecule has 0 saturated heterocycles. The lowest BCUT2D eigenvalue weighted by atomic mass is 10.1. The van der Waals surface area contributed by atoms with E-state index in [0.29, 0.717) is 5.56 Å². The van der Waals surface area contributed by atoms with Crippen LogP contribution < -0.4 is 5.32 Å². The van der Waals surface area contributed by atoms with E-state index in [2.05, 4.69) is 5.32 Å². The van der Waals surface area contributed by atoms with E-state index in [1.54, 1.807) is 0 Å². The van der Waals surface area contributed by atoms with E-state index >= 15 is 0 Å². The van der Waals surface area contributed by atoms with Crippen molar-refractivity contribution in [2.45, 2.75) is 17.9 Å². The SMILES string of the molecule is CON(C)S(=O)(=O)c1ccc(C(=O)N[C@@H](C)c2ccccc2)cc1. The third-order valence-electron chi connectivity index (χ3n) is 3.66. The summed E-state index contributed by atoms with van der Waals surface area (Å²) < 4.78 is 25.0. The van der Waals surface area contributed by atoms with Crippen LogP contribution >= 0.6 is 0 Å². The number of hydrogen-bond acceptors (Lipinski definition) is 4. The highest BCUT2D eigenvalue weighted by molar-refractivity contribution is 7.89. The molecule has 0 heterocycles. The van der Waals surface area contributed by atoms with Gasteiger partial charge in [-0.2, -0.15) is 0 Å². The maximum Gasteiger partial charge on any atom is 0.264 e. The van der Waals surface area contributed by atoms with Crippen LogP contribution in [0.1, 0.15) is 28.9 Å². The molecule has 1 amide bonds. The van der Waals surface area contributed by atoms with E-state index < -0.39 is 10.0 Å². The largest absolute Gasteiger partial charge is 0.346 e. The molecule has 0 bridgehead atoms. The maximum atomic E-state index is 12.3. The van der Waals surface area contributed by atoms with Crippen molar-refractivity contribution in [1.29, 1.82) is 0 Å². The van der Waals surface area contributed by atoms with Gasteiger partial charge in [-0.15, -0.1) is 0 Å². The molecule has 1 N–H and O–H groups in total. The van der Waals surface area contributed by atoms with Crippen LogP contribution in [-0.4, -0.2) is 33.0 Å². The second-order valence-electron chi connectivity index (χ2n) is 5.23. The molecule has 0 unspecified atom stereocenters. The van der Waals surface area contributed by atoms with Gasteiger partial charge in [-0.05, 0) is 36.8 Å². The summed E-state index contributed by atoms with van der Waals surface area (Å²) in [5.41, 5.74) is 1.38. The van der Waals surface area contributed by atoms with Crippen molar-refractivity contribution in [3.8, 4) is 0 Å². The molecule has 0 spiro atoms. The Morgan fingerprint density at radius 1 is 1.08 bits per heavy atom. The monoisotopic (exact) mass is 348 g/mol. The third kappa shape index (κ3) is 4.00. The van der Waals surface area contributed by atoms with E-state index in [1.807, 2.05) is 37.3 Å². The number of nitrogens with one attached hydrogen (secondary N) is 1. The molecule has 2 aromatic rings. The molecule has 0 aliphatic rings. The molecule has 0 aromatic heterocycles. The molecule has 6 nitrogen and oxygen atoms in total. The van der Waals surface area contributed by atoms with Gasteiger partial charge in [-0.3, -0.25) is 9.63 Å². The van der Waals surface area contributed by atoms with Gasteiger partial charge in [0.15, 0.2) is 0 Å². The van der Waals surface area contributed by atoms with Crippen molar-refractivity contribution in [1.82, 2.24) is 9.79 Å². The molecule has 2 rings (SSSR count). The lowest BCUT2D eigenvalue weighted by Crippen LogP contribution is -2.27. The van der Waals surface area contributed by atoms with Gasteiger partial charge in [-0.25, -0.2) is 8.42 Å². The Kier molecular flexibility index (Phi) is 5.71. The predicted molar refractivity (Wildman–Crippen MR) is 90.7 cm³/mol. The summed E-state index contributed by atoms with van der Waals surface area (Å²) in [6.07, 6.45) is 0. The van der Waals surface area contributed by atoms with E-state index in [9.17, 15) is 13.2 Å². The Morgan fingerprint density at radius 3 is 2.21 bits per heavy atom. The maximum absolute atomic E-state index is 12.3. The number of hydrogen-bond donors (Lipinski definition) is 1. The average Bonchev–Trinajstić information content (AvgIpc) is 2.61. The Labute approximate surface area is 142 Å². The minimum Gasteiger partial charge on any atom is -0.346 e. The molecule has 1 atom stereocenters. The number of sulfonamides is 1. The molecular formula is C17H20N2O4S.